The molecule has 22 heavy (non-hydrogen) atoms. The Morgan fingerprint density at radius 3 is 2.59 bits per heavy atom. The molecule has 126 valence electrons. The van der Waals surface area contributed by atoms with Gasteiger partial charge in [0.1, 0.15) is 5.76 Å². The standard InChI is InChI=1S/C15H23N3O2.2ClH/c1-2-12-14(17-8-20-12)15(19)18-13-9-4-3-5-10(13)7-11(16)6-9;;/h8-11,13H,2-7,16H2,1H3,(H,18,19);2*1H. The Balaban J connectivity index is 0.00000121. The Morgan fingerprint density at radius 2 is 2.00 bits per heavy atom. The maximum Gasteiger partial charge on any atom is 0.273 e. The molecule has 2 aliphatic rings. The lowest BCUT2D eigenvalue weighted by Gasteiger charge is -2.45. The van der Waals surface area contributed by atoms with Crippen LogP contribution >= 0.6 is 24.8 Å². The molecule has 5 nitrogen and oxygen atoms in total. The first-order chi connectivity index (χ1) is 9.69. The van der Waals surface area contributed by atoms with E-state index in [0.29, 0.717) is 35.8 Å². The smallest absolute Gasteiger partial charge is 0.273 e. The molecule has 0 aliphatic heterocycles. The fraction of sp³-hybridized carbons (Fsp3) is 0.733. The van der Waals surface area contributed by atoms with E-state index in [4.69, 9.17) is 10.2 Å². The highest BCUT2D eigenvalue weighted by Crippen LogP contribution is 2.39. The summed E-state index contributed by atoms with van der Waals surface area (Å²) in [5.74, 6) is 1.63. The van der Waals surface area contributed by atoms with E-state index >= 15 is 0 Å². The Bertz CT molecular complexity index is 481. The first-order valence-corrected chi connectivity index (χ1v) is 7.67. The number of aromatic nitrogens is 1. The van der Waals surface area contributed by atoms with Crippen LogP contribution in [0.25, 0.3) is 0 Å². The molecule has 1 aromatic rings. The molecule has 1 aromatic heterocycles. The minimum absolute atomic E-state index is 0. The minimum atomic E-state index is -0.0898. The molecule has 2 fully saturated rings. The number of nitrogens with one attached hydrogen (secondary N) is 1. The van der Waals surface area contributed by atoms with Gasteiger partial charge in [0.25, 0.3) is 5.91 Å². The molecule has 3 rings (SSSR count). The number of aryl methyl sites for hydroxylation is 1. The number of halogens is 2. The second-order valence-corrected chi connectivity index (χ2v) is 6.16. The average molecular weight is 350 g/mol. The van der Waals surface area contributed by atoms with Crippen molar-refractivity contribution in [2.24, 2.45) is 17.6 Å². The fourth-order valence-electron chi connectivity index (χ4n) is 3.95. The van der Waals surface area contributed by atoms with Gasteiger partial charge in [-0.1, -0.05) is 13.3 Å². The second-order valence-electron chi connectivity index (χ2n) is 6.16. The van der Waals surface area contributed by atoms with Gasteiger partial charge in [0, 0.05) is 18.5 Å². The van der Waals surface area contributed by atoms with Gasteiger partial charge in [-0.05, 0) is 37.5 Å². The highest BCUT2D eigenvalue weighted by Gasteiger charge is 2.40. The summed E-state index contributed by atoms with van der Waals surface area (Å²) >= 11 is 0. The zero-order chi connectivity index (χ0) is 14.1. The summed E-state index contributed by atoms with van der Waals surface area (Å²) < 4.78 is 5.24. The van der Waals surface area contributed by atoms with Crippen LogP contribution in [-0.4, -0.2) is 23.0 Å². The van der Waals surface area contributed by atoms with Crippen LogP contribution in [0.3, 0.4) is 0 Å². The number of hydrogen-bond donors (Lipinski definition) is 2. The van der Waals surface area contributed by atoms with Crippen LogP contribution in [0.4, 0.5) is 0 Å². The average Bonchev–Trinajstić information content (AvgIpc) is 2.88. The molecule has 2 unspecified atom stereocenters. The van der Waals surface area contributed by atoms with Gasteiger partial charge in [-0.15, -0.1) is 24.8 Å². The highest BCUT2D eigenvalue weighted by molar-refractivity contribution is 5.93. The van der Waals surface area contributed by atoms with Crippen molar-refractivity contribution in [2.75, 3.05) is 0 Å². The molecule has 2 atom stereocenters. The predicted octanol–water partition coefficient (Wildman–Crippen LogP) is 2.72. The third-order valence-corrected chi connectivity index (χ3v) is 4.85. The van der Waals surface area contributed by atoms with E-state index in [9.17, 15) is 4.79 Å². The van der Waals surface area contributed by atoms with Crippen LogP contribution in [0, 0.1) is 11.8 Å². The molecular formula is C15H25Cl2N3O2. The first kappa shape index (κ1) is 19.3. The van der Waals surface area contributed by atoms with E-state index in [1.807, 2.05) is 6.92 Å². The fourth-order valence-corrected chi connectivity index (χ4v) is 3.95. The zero-order valence-corrected chi connectivity index (χ0v) is 14.4. The lowest BCUT2D eigenvalue weighted by atomic mass is 9.67. The second kappa shape index (κ2) is 8.18. The van der Waals surface area contributed by atoms with Crippen LogP contribution in [0.5, 0.6) is 0 Å². The summed E-state index contributed by atoms with van der Waals surface area (Å²) in [5.41, 5.74) is 6.56. The van der Waals surface area contributed by atoms with Crippen LogP contribution in [0.2, 0.25) is 0 Å². The van der Waals surface area contributed by atoms with Gasteiger partial charge in [-0.25, -0.2) is 4.98 Å². The number of carbonyl (C=O) groups excluding carboxylic acids is 1. The first-order valence-electron chi connectivity index (χ1n) is 7.67. The molecule has 2 saturated carbocycles. The highest BCUT2D eigenvalue weighted by atomic mass is 35.5. The lowest BCUT2D eigenvalue weighted by molar-refractivity contribution is 0.0750. The summed E-state index contributed by atoms with van der Waals surface area (Å²) in [7, 11) is 0. The van der Waals surface area contributed by atoms with E-state index in [0.717, 1.165) is 12.8 Å². The minimum Gasteiger partial charge on any atom is -0.448 e. The van der Waals surface area contributed by atoms with Crippen LogP contribution < -0.4 is 11.1 Å². The van der Waals surface area contributed by atoms with Crippen LogP contribution in [0.15, 0.2) is 10.8 Å². The predicted molar refractivity (Wildman–Crippen MR) is 89.7 cm³/mol. The molecule has 2 aliphatic carbocycles. The largest absolute Gasteiger partial charge is 0.448 e. The van der Waals surface area contributed by atoms with Crippen molar-refractivity contribution in [3.8, 4) is 0 Å². The van der Waals surface area contributed by atoms with Gasteiger partial charge in [0.15, 0.2) is 12.1 Å². The maximum absolute atomic E-state index is 12.4. The molecule has 0 radical (unpaired) electrons. The van der Waals surface area contributed by atoms with Crippen molar-refractivity contribution in [1.82, 2.24) is 10.3 Å². The third kappa shape index (κ3) is 3.76. The van der Waals surface area contributed by atoms with Gasteiger partial charge in [0.05, 0.1) is 0 Å². The molecule has 3 N–H and O–H groups in total. The van der Waals surface area contributed by atoms with E-state index in [1.165, 1.54) is 25.7 Å². The molecule has 1 heterocycles. The number of carbonyl (C=O) groups is 1. The molecule has 0 spiro atoms. The SMILES string of the molecule is CCc1ocnc1C(=O)NC1C2CCCC1CC(N)C2.Cl.Cl. The Kier molecular flexibility index (Phi) is 7.16. The molecular weight excluding hydrogens is 325 g/mol. The van der Waals surface area contributed by atoms with E-state index in [-0.39, 0.29) is 36.8 Å². The van der Waals surface area contributed by atoms with Crippen molar-refractivity contribution in [2.45, 2.75) is 57.5 Å². The molecule has 0 aromatic carbocycles. The molecule has 1 amide bonds. The summed E-state index contributed by atoms with van der Waals surface area (Å²) in [6.07, 6.45) is 7.71. The Labute approximate surface area is 143 Å². The number of hydrogen-bond acceptors (Lipinski definition) is 4. The number of fused-ring (bicyclic) bond motifs is 2. The van der Waals surface area contributed by atoms with Crippen molar-refractivity contribution >= 4 is 30.7 Å². The number of amides is 1. The van der Waals surface area contributed by atoms with Gasteiger partial charge in [-0.3, -0.25) is 4.79 Å². The number of nitrogens with two attached hydrogens (primary N) is 1. The Morgan fingerprint density at radius 1 is 1.36 bits per heavy atom. The monoisotopic (exact) mass is 349 g/mol. The molecule has 2 bridgehead atoms. The normalized spacial score (nSPS) is 29.9. The van der Waals surface area contributed by atoms with Gasteiger partial charge in [0.2, 0.25) is 0 Å². The number of nitrogens with zero attached hydrogens (tertiary/aromatic N) is 1. The molecule has 7 heteroatoms. The molecule has 0 saturated heterocycles. The van der Waals surface area contributed by atoms with Gasteiger partial charge < -0.3 is 15.5 Å². The van der Waals surface area contributed by atoms with E-state index in [1.54, 1.807) is 0 Å². The van der Waals surface area contributed by atoms with Crippen LogP contribution in [0.1, 0.15) is 55.3 Å². The Hall–Kier alpha value is -0.780. The van der Waals surface area contributed by atoms with Crippen molar-refractivity contribution in [1.29, 1.82) is 0 Å². The van der Waals surface area contributed by atoms with Gasteiger partial charge >= 0.3 is 0 Å². The third-order valence-electron chi connectivity index (χ3n) is 4.85. The van der Waals surface area contributed by atoms with Gasteiger partial charge in [-0.2, -0.15) is 0 Å². The van der Waals surface area contributed by atoms with E-state index < -0.39 is 0 Å². The zero-order valence-electron chi connectivity index (χ0n) is 12.8. The van der Waals surface area contributed by atoms with Crippen molar-refractivity contribution < 1.29 is 9.21 Å². The van der Waals surface area contributed by atoms with Crippen molar-refractivity contribution in [3.63, 3.8) is 0 Å². The topological polar surface area (TPSA) is 81.2 Å². The maximum atomic E-state index is 12.4. The summed E-state index contributed by atoms with van der Waals surface area (Å²) in [6, 6.07) is 0.564. The quantitative estimate of drug-likeness (QED) is 0.878. The number of rotatable bonds is 3. The number of oxazole rings is 1. The lowest BCUT2D eigenvalue weighted by Crippen LogP contribution is -2.53. The van der Waals surface area contributed by atoms with Crippen LogP contribution in [-0.2, 0) is 6.42 Å². The van der Waals surface area contributed by atoms with E-state index in [2.05, 4.69) is 10.3 Å². The van der Waals surface area contributed by atoms with Crippen molar-refractivity contribution in [3.05, 3.63) is 17.8 Å². The summed E-state index contributed by atoms with van der Waals surface area (Å²) in [4.78, 5) is 16.5. The summed E-state index contributed by atoms with van der Waals surface area (Å²) in [5, 5.41) is 3.20. The summed E-state index contributed by atoms with van der Waals surface area (Å²) in [6.45, 7) is 1.96.